The van der Waals surface area contributed by atoms with E-state index in [9.17, 15) is 0 Å². The summed E-state index contributed by atoms with van der Waals surface area (Å²) < 4.78 is 1.86. The third-order valence-corrected chi connectivity index (χ3v) is 3.21. The first-order valence-electron chi connectivity index (χ1n) is 6.14. The van der Waals surface area contributed by atoms with Crippen LogP contribution in [0.3, 0.4) is 0 Å². The zero-order valence-corrected chi connectivity index (χ0v) is 10.3. The zero-order valence-electron chi connectivity index (χ0n) is 10.3. The molecule has 0 saturated carbocycles. The van der Waals surface area contributed by atoms with E-state index in [-0.39, 0.29) is 0 Å². The molecule has 1 unspecified atom stereocenters. The summed E-state index contributed by atoms with van der Waals surface area (Å²) in [5, 5.41) is 7.99. The van der Waals surface area contributed by atoms with Crippen molar-refractivity contribution < 1.29 is 0 Å². The van der Waals surface area contributed by atoms with Gasteiger partial charge in [0, 0.05) is 38.8 Å². The average molecular weight is 222 g/mol. The number of nitrogens with zero attached hydrogens (tertiary/aromatic N) is 3. The molecule has 0 aliphatic carbocycles. The maximum atomic E-state index is 4.37. The lowest BCUT2D eigenvalue weighted by Crippen LogP contribution is -2.44. The van der Waals surface area contributed by atoms with Crippen molar-refractivity contribution in [1.82, 2.24) is 20.0 Å². The van der Waals surface area contributed by atoms with Crippen LogP contribution in [-0.2, 0) is 13.5 Å². The van der Waals surface area contributed by atoms with Crippen molar-refractivity contribution in [3.8, 4) is 0 Å². The molecule has 1 aromatic heterocycles. The van der Waals surface area contributed by atoms with E-state index in [1.165, 1.54) is 31.6 Å². The van der Waals surface area contributed by atoms with Crippen LogP contribution in [0.1, 0.15) is 18.5 Å². The third kappa shape index (κ3) is 3.32. The number of aryl methyl sites for hydroxylation is 1. The molecule has 1 aliphatic rings. The predicted octanol–water partition coefficient (Wildman–Crippen LogP) is 0.646. The van der Waals surface area contributed by atoms with E-state index in [0.717, 1.165) is 13.0 Å². The SMILES string of the molecule is CN1CCCC(NCCc2ccn(C)n2)C1. The minimum absolute atomic E-state index is 0.669. The van der Waals surface area contributed by atoms with E-state index in [1.54, 1.807) is 0 Å². The first-order valence-corrected chi connectivity index (χ1v) is 6.14. The van der Waals surface area contributed by atoms with Gasteiger partial charge in [0.1, 0.15) is 0 Å². The van der Waals surface area contributed by atoms with Crippen LogP contribution in [0.4, 0.5) is 0 Å². The van der Waals surface area contributed by atoms with Gasteiger partial charge in [0.2, 0.25) is 0 Å². The summed E-state index contributed by atoms with van der Waals surface area (Å²) in [7, 11) is 4.17. The van der Waals surface area contributed by atoms with Crippen LogP contribution in [0.2, 0.25) is 0 Å². The van der Waals surface area contributed by atoms with Crippen LogP contribution >= 0.6 is 0 Å². The Bertz CT molecular complexity index is 321. The van der Waals surface area contributed by atoms with Crippen molar-refractivity contribution in [1.29, 1.82) is 0 Å². The Kier molecular flexibility index (Phi) is 3.96. The fraction of sp³-hybridized carbons (Fsp3) is 0.750. The van der Waals surface area contributed by atoms with Gasteiger partial charge in [-0.15, -0.1) is 0 Å². The molecule has 16 heavy (non-hydrogen) atoms. The lowest BCUT2D eigenvalue weighted by atomic mass is 10.1. The summed E-state index contributed by atoms with van der Waals surface area (Å²) in [5.74, 6) is 0. The molecular weight excluding hydrogens is 200 g/mol. The molecule has 0 bridgehead atoms. The minimum atomic E-state index is 0.669. The van der Waals surface area contributed by atoms with Crippen LogP contribution in [-0.4, -0.2) is 47.4 Å². The van der Waals surface area contributed by atoms with Gasteiger partial charge in [0.15, 0.2) is 0 Å². The van der Waals surface area contributed by atoms with Crippen molar-refractivity contribution in [2.75, 3.05) is 26.7 Å². The molecule has 0 radical (unpaired) electrons. The average Bonchev–Trinajstić information content (AvgIpc) is 2.64. The maximum absolute atomic E-state index is 4.37. The number of piperidine rings is 1. The van der Waals surface area contributed by atoms with Crippen molar-refractivity contribution in [2.45, 2.75) is 25.3 Å². The normalized spacial score (nSPS) is 22.5. The number of hydrogen-bond donors (Lipinski definition) is 1. The highest BCUT2D eigenvalue weighted by molar-refractivity contribution is 4.99. The Labute approximate surface area is 97.6 Å². The molecule has 1 fully saturated rings. The van der Waals surface area contributed by atoms with Crippen LogP contribution in [0.15, 0.2) is 12.3 Å². The summed E-state index contributed by atoms with van der Waals surface area (Å²) >= 11 is 0. The molecule has 1 N–H and O–H groups in total. The Balaban J connectivity index is 1.67. The first kappa shape index (κ1) is 11.6. The second kappa shape index (κ2) is 5.46. The van der Waals surface area contributed by atoms with Crippen LogP contribution in [0, 0.1) is 0 Å². The monoisotopic (exact) mass is 222 g/mol. The van der Waals surface area contributed by atoms with Gasteiger partial charge in [-0.25, -0.2) is 0 Å². The van der Waals surface area contributed by atoms with Gasteiger partial charge in [0.05, 0.1) is 5.69 Å². The molecule has 1 aliphatic heterocycles. The Hall–Kier alpha value is -0.870. The lowest BCUT2D eigenvalue weighted by Gasteiger charge is -2.30. The first-order chi connectivity index (χ1) is 7.74. The fourth-order valence-electron chi connectivity index (χ4n) is 2.33. The number of nitrogens with one attached hydrogen (secondary N) is 1. The highest BCUT2D eigenvalue weighted by Crippen LogP contribution is 2.07. The van der Waals surface area contributed by atoms with Crippen LogP contribution in [0.5, 0.6) is 0 Å². The summed E-state index contributed by atoms with van der Waals surface area (Å²) in [6.45, 7) is 3.47. The van der Waals surface area contributed by atoms with Crippen molar-refractivity contribution in [3.05, 3.63) is 18.0 Å². The molecule has 4 heteroatoms. The van der Waals surface area contributed by atoms with Crippen molar-refractivity contribution in [3.63, 3.8) is 0 Å². The number of hydrogen-bond acceptors (Lipinski definition) is 3. The summed E-state index contributed by atoms with van der Waals surface area (Å²) in [6, 6.07) is 2.76. The molecule has 4 nitrogen and oxygen atoms in total. The standard InChI is InChI=1S/C12H22N4/c1-15-8-3-4-12(10-15)13-7-5-11-6-9-16(2)14-11/h6,9,12-13H,3-5,7-8,10H2,1-2H3. The fourth-order valence-corrected chi connectivity index (χ4v) is 2.33. The Morgan fingerprint density at radius 1 is 1.50 bits per heavy atom. The number of likely N-dealkylation sites (N-methyl/N-ethyl adjacent to an activating group) is 1. The molecule has 2 heterocycles. The molecule has 1 saturated heterocycles. The van der Waals surface area contributed by atoms with E-state index < -0.39 is 0 Å². The number of likely N-dealkylation sites (tertiary alicyclic amines) is 1. The molecule has 90 valence electrons. The maximum Gasteiger partial charge on any atom is 0.0637 e. The minimum Gasteiger partial charge on any atom is -0.312 e. The van der Waals surface area contributed by atoms with Gasteiger partial charge < -0.3 is 10.2 Å². The van der Waals surface area contributed by atoms with Crippen LogP contribution < -0.4 is 5.32 Å². The second-order valence-electron chi connectivity index (χ2n) is 4.79. The van der Waals surface area contributed by atoms with E-state index in [1.807, 2.05) is 17.9 Å². The third-order valence-electron chi connectivity index (χ3n) is 3.21. The number of aromatic nitrogens is 2. The van der Waals surface area contributed by atoms with Gasteiger partial charge in [-0.3, -0.25) is 4.68 Å². The molecule has 0 spiro atoms. The lowest BCUT2D eigenvalue weighted by molar-refractivity contribution is 0.228. The van der Waals surface area contributed by atoms with Gasteiger partial charge >= 0.3 is 0 Å². The summed E-state index contributed by atoms with van der Waals surface area (Å²) in [6.07, 6.45) is 5.66. The topological polar surface area (TPSA) is 33.1 Å². The molecule has 0 aromatic carbocycles. The largest absolute Gasteiger partial charge is 0.312 e. The molecule has 0 amide bonds. The molecule has 1 atom stereocenters. The Morgan fingerprint density at radius 3 is 3.06 bits per heavy atom. The highest BCUT2D eigenvalue weighted by atomic mass is 15.2. The van der Waals surface area contributed by atoms with Gasteiger partial charge in [-0.1, -0.05) is 0 Å². The van der Waals surface area contributed by atoms with E-state index in [4.69, 9.17) is 0 Å². The van der Waals surface area contributed by atoms with Gasteiger partial charge in [0.25, 0.3) is 0 Å². The van der Waals surface area contributed by atoms with E-state index >= 15 is 0 Å². The van der Waals surface area contributed by atoms with Crippen molar-refractivity contribution >= 4 is 0 Å². The predicted molar refractivity (Wildman–Crippen MR) is 65.4 cm³/mol. The summed E-state index contributed by atoms with van der Waals surface area (Å²) in [5.41, 5.74) is 1.18. The van der Waals surface area contributed by atoms with Gasteiger partial charge in [-0.2, -0.15) is 5.10 Å². The highest BCUT2D eigenvalue weighted by Gasteiger charge is 2.15. The second-order valence-corrected chi connectivity index (χ2v) is 4.79. The zero-order chi connectivity index (χ0) is 11.4. The van der Waals surface area contributed by atoms with E-state index in [2.05, 4.69) is 28.4 Å². The molecule has 1 aromatic rings. The molecular formula is C12H22N4. The smallest absolute Gasteiger partial charge is 0.0637 e. The quantitative estimate of drug-likeness (QED) is 0.812. The number of rotatable bonds is 4. The van der Waals surface area contributed by atoms with Gasteiger partial charge in [-0.05, 0) is 32.5 Å². The van der Waals surface area contributed by atoms with Crippen molar-refractivity contribution in [2.24, 2.45) is 7.05 Å². The summed E-state index contributed by atoms with van der Waals surface area (Å²) in [4.78, 5) is 2.40. The molecule has 2 rings (SSSR count). The van der Waals surface area contributed by atoms with E-state index in [0.29, 0.717) is 6.04 Å². The Morgan fingerprint density at radius 2 is 2.38 bits per heavy atom. The van der Waals surface area contributed by atoms with Crippen LogP contribution in [0.25, 0.3) is 0 Å².